The minimum absolute atomic E-state index is 0.0154. The number of rotatable bonds is 8. The summed E-state index contributed by atoms with van der Waals surface area (Å²) in [7, 11) is 0. The Morgan fingerprint density at radius 3 is 2.69 bits per heavy atom. The van der Waals surface area contributed by atoms with Gasteiger partial charge in [0.1, 0.15) is 11.6 Å². The van der Waals surface area contributed by atoms with Crippen molar-refractivity contribution in [3.05, 3.63) is 89.9 Å². The Morgan fingerprint density at radius 2 is 1.96 bits per heavy atom. The van der Waals surface area contributed by atoms with Crippen molar-refractivity contribution in [3.63, 3.8) is 0 Å². The molecule has 0 saturated heterocycles. The van der Waals surface area contributed by atoms with E-state index in [1.165, 1.54) is 6.07 Å². The van der Waals surface area contributed by atoms with Gasteiger partial charge in [0, 0.05) is 38.3 Å². The number of hydrogen-bond donors (Lipinski definition) is 0. The molecule has 1 aromatic carbocycles. The molecule has 2 heterocycles. The van der Waals surface area contributed by atoms with E-state index in [9.17, 15) is 9.18 Å². The van der Waals surface area contributed by atoms with Gasteiger partial charge in [0.15, 0.2) is 0 Å². The summed E-state index contributed by atoms with van der Waals surface area (Å²) in [6.45, 7) is 0.909. The van der Waals surface area contributed by atoms with E-state index in [1.807, 2.05) is 30.3 Å². The molecule has 1 amide bonds. The van der Waals surface area contributed by atoms with Crippen LogP contribution in [-0.2, 0) is 24.2 Å². The molecule has 0 fully saturated rings. The van der Waals surface area contributed by atoms with Crippen LogP contribution in [0.1, 0.15) is 23.3 Å². The lowest BCUT2D eigenvalue weighted by molar-refractivity contribution is -0.131. The van der Waals surface area contributed by atoms with Crippen LogP contribution < -0.4 is 0 Å². The molecule has 0 radical (unpaired) electrons. The summed E-state index contributed by atoms with van der Waals surface area (Å²) in [4.78, 5) is 18.6. The van der Waals surface area contributed by atoms with E-state index < -0.39 is 0 Å². The highest BCUT2D eigenvalue weighted by atomic mass is 19.1. The Hall–Kier alpha value is -2.95. The molecule has 0 aliphatic heterocycles. The number of carbonyl (C=O) groups excluding carboxylic acids is 1. The highest BCUT2D eigenvalue weighted by Gasteiger charge is 2.15. The zero-order valence-corrected chi connectivity index (χ0v) is 14.5. The van der Waals surface area contributed by atoms with Gasteiger partial charge < -0.3 is 9.32 Å². The Labute approximate surface area is 152 Å². The number of nitrogens with zero attached hydrogens (tertiary/aromatic N) is 2. The van der Waals surface area contributed by atoms with E-state index in [1.54, 1.807) is 35.7 Å². The highest BCUT2D eigenvalue weighted by Crippen LogP contribution is 2.12. The maximum atomic E-state index is 13.9. The SMILES string of the molecule is O=C(CCc1ccco1)N(CCc1ccccc1F)Cc1cccnc1. The highest BCUT2D eigenvalue weighted by molar-refractivity contribution is 5.76. The standard InChI is InChI=1S/C21H21FN2O2/c22-20-8-2-1-6-18(20)11-13-24(16-17-5-3-12-23-15-17)21(25)10-9-19-7-4-14-26-19/h1-8,12,14-15H,9-11,13,16H2. The third kappa shape index (κ3) is 5.02. The van der Waals surface area contributed by atoms with Crippen LogP contribution in [0, 0.1) is 5.82 Å². The monoisotopic (exact) mass is 352 g/mol. The molecule has 0 unspecified atom stereocenters. The lowest BCUT2D eigenvalue weighted by Crippen LogP contribution is -2.32. The molecule has 134 valence electrons. The zero-order chi connectivity index (χ0) is 18.2. The van der Waals surface area contributed by atoms with Crippen LogP contribution in [0.2, 0.25) is 0 Å². The summed E-state index contributed by atoms with van der Waals surface area (Å²) in [6.07, 6.45) is 6.42. The predicted octanol–water partition coefficient (Wildman–Crippen LogP) is 4.02. The second-order valence-electron chi connectivity index (χ2n) is 6.10. The Kier molecular flexibility index (Phi) is 6.14. The first-order valence-electron chi connectivity index (χ1n) is 8.65. The van der Waals surface area contributed by atoms with Crippen LogP contribution in [0.15, 0.2) is 71.6 Å². The van der Waals surface area contributed by atoms with Crippen LogP contribution in [0.3, 0.4) is 0 Å². The molecule has 26 heavy (non-hydrogen) atoms. The van der Waals surface area contributed by atoms with Crippen LogP contribution in [0.5, 0.6) is 0 Å². The molecule has 5 heteroatoms. The van der Waals surface area contributed by atoms with Gasteiger partial charge in [-0.3, -0.25) is 9.78 Å². The first-order chi connectivity index (χ1) is 12.7. The van der Waals surface area contributed by atoms with Crippen molar-refractivity contribution in [1.29, 1.82) is 0 Å². The van der Waals surface area contributed by atoms with Gasteiger partial charge in [-0.1, -0.05) is 24.3 Å². The fourth-order valence-electron chi connectivity index (χ4n) is 2.80. The van der Waals surface area contributed by atoms with Gasteiger partial charge in [0.2, 0.25) is 5.91 Å². The van der Waals surface area contributed by atoms with E-state index >= 15 is 0 Å². The number of pyridine rings is 1. The van der Waals surface area contributed by atoms with E-state index in [4.69, 9.17) is 4.42 Å². The fraction of sp³-hybridized carbons (Fsp3) is 0.238. The Balaban J connectivity index is 1.66. The van der Waals surface area contributed by atoms with Gasteiger partial charge in [-0.25, -0.2) is 4.39 Å². The van der Waals surface area contributed by atoms with Gasteiger partial charge in [-0.15, -0.1) is 0 Å². The number of benzene rings is 1. The van der Waals surface area contributed by atoms with Crippen molar-refractivity contribution < 1.29 is 13.6 Å². The molecule has 3 aromatic rings. The summed E-state index contributed by atoms with van der Waals surface area (Å²) in [5.41, 5.74) is 1.56. The van der Waals surface area contributed by atoms with E-state index in [-0.39, 0.29) is 11.7 Å². The Bertz CT molecular complexity index is 819. The van der Waals surface area contributed by atoms with Crippen molar-refractivity contribution in [1.82, 2.24) is 9.88 Å². The van der Waals surface area contributed by atoms with E-state index in [2.05, 4.69) is 4.98 Å². The summed E-state index contributed by atoms with van der Waals surface area (Å²) in [6, 6.07) is 14.1. The number of hydrogen-bond acceptors (Lipinski definition) is 3. The summed E-state index contributed by atoms with van der Waals surface area (Å²) in [5.74, 6) is 0.562. The van der Waals surface area contributed by atoms with Crippen molar-refractivity contribution in [2.24, 2.45) is 0 Å². The molecule has 0 bridgehead atoms. The van der Waals surface area contributed by atoms with E-state index in [0.29, 0.717) is 37.9 Å². The minimum atomic E-state index is -0.239. The predicted molar refractivity (Wildman–Crippen MR) is 96.8 cm³/mol. The zero-order valence-electron chi connectivity index (χ0n) is 14.5. The Morgan fingerprint density at radius 1 is 1.08 bits per heavy atom. The molecule has 0 saturated carbocycles. The molecular weight excluding hydrogens is 331 g/mol. The van der Waals surface area contributed by atoms with Crippen molar-refractivity contribution in [2.45, 2.75) is 25.8 Å². The lowest BCUT2D eigenvalue weighted by Gasteiger charge is -2.23. The van der Waals surface area contributed by atoms with Crippen LogP contribution in [0.4, 0.5) is 4.39 Å². The number of carbonyl (C=O) groups is 1. The number of aryl methyl sites for hydroxylation is 1. The third-order valence-corrected chi connectivity index (χ3v) is 4.22. The van der Waals surface area contributed by atoms with Gasteiger partial charge in [-0.2, -0.15) is 0 Å². The van der Waals surface area contributed by atoms with Crippen LogP contribution in [-0.4, -0.2) is 22.3 Å². The maximum absolute atomic E-state index is 13.9. The van der Waals surface area contributed by atoms with Crippen molar-refractivity contribution in [3.8, 4) is 0 Å². The molecule has 0 atom stereocenters. The van der Waals surface area contributed by atoms with Gasteiger partial charge in [0.25, 0.3) is 0 Å². The number of aromatic nitrogens is 1. The number of amides is 1. The van der Waals surface area contributed by atoms with Crippen LogP contribution >= 0.6 is 0 Å². The largest absolute Gasteiger partial charge is 0.469 e. The fourth-order valence-corrected chi connectivity index (χ4v) is 2.80. The molecule has 0 aliphatic carbocycles. The molecular formula is C21H21FN2O2. The average molecular weight is 352 g/mol. The molecule has 0 N–H and O–H groups in total. The van der Waals surface area contributed by atoms with Gasteiger partial charge >= 0.3 is 0 Å². The maximum Gasteiger partial charge on any atom is 0.223 e. The third-order valence-electron chi connectivity index (χ3n) is 4.22. The molecule has 3 rings (SSSR count). The van der Waals surface area contributed by atoms with Crippen molar-refractivity contribution in [2.75, 3.05) is 6.54 Å². The quantitative estimate of drug-likeness (QED) is 0.615. The molecule has 0 aliphatic rings. The minimum Gasteiger partial charge on any atom is -0.469 e. The molecule has 0 spiro atoms. The molecule has 4 nitrogen and oxygen atoms in total. The summed E-state index contributed by atoms with van der Waals surface area (Å²) >= 11 is 0. The molecule has 2 aromatic heterocycles. The smallest absolute Gasteiger partial charge is 0.223 e. The van der Waals surface area contributed by atoms with Crippen molar-refractivity contribution >= 4 is 5.91 Å². The van der Waals surface area contributed by atoms with Crippen LogP contribution in [0.25, 0.3) is 0 Å². The second kappa shape index (κ2) is 8.94. The average Bonchev–Trinajstić information content (AvgIpc) is 3.19. The van der Waals surface area contributed by atoms with Gasteiger partial charge in [0.05, 0.1) is 6.26 Å². The first kappa shape index (κ1) is 17.9. The first-order valence-corrected chi connectivity index (χ1v) is 8.65. The van der Waals surface area contributed by atoms with Gasteiger partial charge in [-0.05, 0) is 41.8 Å². The second-order valence-corrected chi connectivity index (χ2v) is 6.10. The summed E-state index contributed by atoms with van der Waals surface area (Å²) in [5, 5.41) is 0. The normalized spacial score (nSPS) is 10.7. The lowest BCUT2D eigenvalue weighted by atomic mass is 10.1. The topological polar surface area (TPSA) is 46.3 Å². The number of halogens is 1. The number of furan rings is 1. The summed E-state index contributed by atoms with van der Waals surface area (Å²) < 4.78 is 19.2. The van der Waals surface area contributed by atoms with E-state index in [0.717, 1.165) is 11.3 Å².